The number of nitrogens with one attached hydrogen (secondary N) is 1. The van der Waals surface area contributed by atoms with Crippen LogP contribution in [0.3, 0.4) is 0 Å². The molecule has 1 aliphatic heterocycles. The predicted octanol–water partition coefficient (Wildman–Crippen LogP) is 2.78. The van der Waals surface area contributed by atoms with Crippen molar-refractivity contribution in [2.45, 2.75) is 20.3 Å². The van der Waals surface area contributed by atoms with Crippen LogP contribution >= 0.6 is 11.3 Å². The maximum absolute atomic E-state index is 12.2. The smallest absolute Gasteiger partial charge is 0.229 e. The fourth-order valence-electron chi connectivity index (χ4n) is 2.71. The van der Waals surface area contributed by atoms with E-state index in [0.717, 1.165) is 53.9 Å². The highest BCUT2D eigenvalue weighted by Gasteiger charge is 2.16. The molecule has 1 amide bonds. The Bertz CT molecular complexity index is 656. The van der Waals surface area contributed by atoms with Gasteiger partial charge < -0.3 is 15.0 Å². The molecular weight excluding hydrogens is 310 g/mol. The first kappa shape index (κ1) is 16.0. The number of morpholine rings is 1. The number of aryl methyl sites for hydroxylation is 2. The molecule has 2 aromatic heterocycles. The molecule has 0 bridgehead atoms. The number of hydrogen-bond acceptors (Lipinski definition) is 5. The van der Waals surface area contributed by atoms with Gasteiger partial charge in [-0.05, 0) is 36.9 Å². The zero-order valence-corrected chi connectivity index (χ0v) is 14.3. The standard InChI is InChI=1S/C17H21N3O2S/c1-12-10-15(20-5-7-22-8-6-20)18-13(2)17(12)19-16(21)11-14-4-3-9-23-14/h3-4,9-10H,5-8,11H2,1-2H3,(H,19,21). The van der Waals surface area contributed by atoms with Crippen molar-refractivity contribution < 1.29 is 9.53 Å². The van der Waals surface area contributed by atoms with Gasteiger partial charge in [0.1, 0.15) is 5.82 Å². The van der Waals surface area contributed by atoms with Crippen molar-refractivity contribution in [1.82, 2.24) is 4.98 Å². The summed E-state index contributed by atoms with van der Waals surface area (Å²) in [6.45, 7) is 7.14. The van der Waals surface area contributed by atoms with Crippen molar-refractivity contribution in [3.63, 3.8) is 0 Å². The number of carbonyl (C=O) groups is 1. The normalized spacial score (nSPS) is 14.8. The molecule has 3 rings (SSSR count). The molecule has 1 saturated heterocycles. The fraction of sp³-hybridized carbons (Fsp3) is 0.412. The number of thiophene rings is 1. The highest BCUT2D eigenvalue weighted by atomic mass is 32.1. The lowest BCUT2D eigenvalue weighted by Gasteiger charge is -2.28. The number of ether oxygens (including phenoxy) is 1. The van der Waals surface area contributed by atoms with Crippen molar-refractivity contribution in [3.05, 3.63) is 39.7 Å². The van der Waals surface area contributed by atoms with E-state index >= 15 is 0 Å². The van der Waals surface area contributed by atoms with Crippen LogP contribution in [0.15, 0.2) is 23.6 Å². The second-order valence-electron chi connectivity index (χ2n) is 5.66. The third kappa shape index (κ3) is 3.89. The molecule has 3 heterocycles. The van der Waals surface area contributed by atoms with E-state index in [-0.39, 0.29) is 5.91 Å². The van der Waals surface area contributed by atoms with Gasteiger partial charge in [0, 0.05) is 18.0 Å². The average Bonchev–Trinajstić information content (AvgIpc) is 3.04. The number of anilines is 2. The number of amides is 1. The number of pyridine rings is 1. The summed E-state index contributed by atoms with van der Waals surface area (Å²) in [5.74, 6) is 0.958. The minimum Gasteiger partial charge on any atom is -0.378 e. The van der Waals surface area contributed by atoms with E-state index in [1.54, 1.807) is 11.3 Å². The Kier molecular flexibility index (Phi) is 4.93. The van der Waals surface area contributed by atoms with Crippen LogP contribution < -0.4 is 10.2 Å². The van der Waals surface area contributed by atoms with E-state index in [1.807, 2.05) is 37.4 Å². The van der Waals surface area contributed by atoms with Gasteiger partial charge in [0.25, 0.3) is 0 Å². The molecule has 23 heavy (non-hydrogen) atoms. The number of carbonyl (C=O) groups excluding carboxylic acids is 1. The van der Waals surface area contributed by atoms with Crippen LogP contribution in [0.1, 0.15) is 16.1 Å². The van der Waals surface area contributed by atoms with E-state index in [2.05, 4.69) is 15.2 Å². The average molecular weight is 331 g/mol. The lowest BCUT2D eigenvalue weighted by molar-refractivity contribution is -0.115. The SMILES string of the molecule is Cc1cc(N2CCOCC2)nc(C)c1NC(=O)Cc1cccs1. The van der Waals surface area contributed by atoms with Gasteiger partial charge in [0.15, 0.2) is 0 Å². The Labute approximate surface area is 140 Å². The lowest BCUT2D eigenvalue weighted by atomic mass is 10.1. The Morgan fingerprint density at radius 3 is 2.83 bits per heavy atom. The lowest BCUT2D eigenvalue weighted by Crippen LogP contribution is -2.37. The van der Waals surface area contributed by atoms with Crippen molar-refractivity contribution >= 4 is 28.7 Å². The van der Waals surface area contributed by atoms with Crippen LogP contribution in [-0.2, 0) is 16.0 Å². The summed E-state index contributed by atoms with van der Waals surface area (Å²) in [6, 6.07) is 5.98. The van der Waals surface area contributed by atoms with Gasteiger partial charge in [0.05, 0.1) is 31.0 Å². The molecular formula is C17H21N3O2S. The first-order valence-corrected chi connectivity index (χ1v) is 8.64. The number of hydrogen-bond donors (Lipinski definition) is 1. The van der Waals surface area contributed by atoms with Crippen LogP contribution in [0.4, 0.5) is 11.5 Å². The zero-order valence-electron chi connectivity index (χ0n) is 13.5. The molecule has 0 aromatic carbocycles. The second kappa shape index (κ2) is 7.10. The summed E-state index contributed by atoms with van der Waals surface area (Å²) in [4.78, 5) is 20.2. The van der Waals surface area contributed by atoms with Crippen molar-refractivity contribution in [3.8, 4) is 0 Å². The van der Waals surface area contributed by atoms with E-state index < -0.39 is 0 Å². The molecule has 5 nitrogen and oxygen atoms in total. The van der Waals surface area contributed by atoms with Crippen LogP contribution in [-0.4, -0.2) is 37.2 Å². The Hall–Kier alpha value is -1.92. The van der Waals surface area contributed by atoms with Crippen molar-refractivity contribution in [2.24, 2.45) is 0 Å². The maximum atomic E-state index is 12.2. The molecule has 6 heteroatoms. The summed E-state index contributed by atoms with van der Waals surface area (Å²) in [5, 5.41) is 4.99. The third-order valence-electron chi connectivity index (χ3n) is 3.90. The summed E-state index contributed by atoms with van der Waals surface area (Å²) >= 11 is 1.60. The first-order chi connectivity index (χ1) is 11.1. The third-order valence-corrected chi connectivity index (χ3v) is 4.77. The van der Waals surface area contributed by atoms with Gasteiger partial charge in [-0.1, -0.05) is 6.07 Å². The zero-order chi connectivity index (χ0) is 16.2. The molecule has 0 radical (unpaired) electrons. The molecule has 0 unspecified atom stereocenters. The minimum absolute atomic E-state index is 0.000396. The van der Waals surface area contributed by atoms with Crippen LogP contribution in [0.5, 0.6) is 0 Å². The quantitative estimate of drug-likeness (QED) is 0.936. The summed E-state index contributed by atoms with van der Waals surface area (Å²) in [5.41, 5.74) is 2.72. The van der Waals surface area contributed by atoms with Crippen LogP contribution in [0.2, 0.25) is 0 Å². The molecule has 0 aliphatic carbocycles. The van der Waals surface area contributed by atoms with Crippen LogP contribution in [0, 0.1) is 13.8 Å². The molecule has 1 aliphatic rings. The van der Waals surface area contributed by atoms with E-state index in [9.17, 15) is 4.79 Å². The van der Waals surface area contributed by atoms with E-state index in [0.29, 0.717) is 6.42 Å². The van der Waals surface area contributed by atoms with E-state index in [1.165, 1.54) is 0 Å². The molecule has 2 aromatic rings. The number of aromatic nitrogens is 1. The maximum Gasteiger partial charge on any atom is 0.229 e. The Morgan fingerprint density at radius 1 is 1.39 bits per heavy atom. The molecule has 0 atom stereocenters. The molecule has 0 saturated carbocycles. The van der Waals surface area contributed by atoms with Crippen LogP contribution in [0.25, 0.3) is 0 Å². The van der Waals surface area contributed by atoms with Gasteiger partial charge in [-0.15, -0.1) is 11.3 Å². The second-order valence-corrected chi connectivity index (χ2v) is 6.69. The van der Waals surface area contributed by atoms with Gasteiger partial charge in [-0.3, -0.25) is 4.79 Å². The topological polar surface area (TPSA) is 54.5 Å². The summed E-state index contributed by atoms with van der Waals surface area (Å²) < 4.78 is 5.38. The van der Waals surface area contributed by atoms with Crippen molar-refractivity contribution in [1.29, 1.82) is 0 Å². The first-order valence-electron chi connectivity index (χ1n) is 7.76. The molecule has 1 fully saturated rings. The van der Waals surface area contributed by atoms with Gasteiger partial charge in [-0.25, -0.2) is 4.98 Å². The number of nitrogens with zero attached hydrogens (tertiary/aromatic N) is 2. The van der Waals surface area contributed by atoms with E-state index in [4.69, 9.17) is 4.74 Å². The summed E-state index contributed by atoms with van der Waals surface area (Å²) in [6.07, 6.45) is 0.405. The van der Waals surface area contributed by atoms with Gasteiger partial charge >= 0.3 is 0 Å². The Morgan fingerprint density at radius 2 is 2.17 bits per heavy atom. The van der Waals surface area contributed by atoms with Crippen molar-refractivity contribution in [2.75, 3.05) is 36.5 Å². The largest absolute Gasteiger partial charge is 0.378 e. The monoisotopic (exact) mass is 331 g/mol. The Balaban J connectivity index is 1.73. The molecule has 1 N–H and O–H groups in total. The summed E-state index contributed by atoms with van der Waals surface area (Å²) in [7, 11) is 0. The molecule has 0 spiro atoms. The van der Waals surface area contributed by atoms with Gasteiger partial charge in [-0.2, -0.15) is 0 Å². The predicted molar refractivity (Wildman–Crippen MR) is 93.4 cm³/mol. The highest BCUT2D eigenvalue weighted by molar-refractivity contribution is 7.10. The molecule has 122 valence electrons. The fourth-order valence-corrected chi connectivity index (χ4v) is 3.41. The van der Waals surface area contributed by atoms with Gasteiger partial charge in [0.2, 0.25) is 5.91 Å². The minimum atomic E-state index is -0.000396. The highest BCUT2D eigenvalue weighted by Crippen LogP contribution is 2.25. The number of rotatable bonds is 4.